The topological polar surface area (TPSA) is 42.4 Å². The van der Waals surface area contributed by atoms with Gasteiger partial charge in [-0.3, -0.25) is 4.90 Å². The first kappa shape index (κ1) is 12.2. The summed E-state index contributed by atoms with van der Waals surface area (Å²) in [5.74, 6) is 4.48. The number of piperidine rings is 1. The number of nitrogens with two attached hydrogens (primary N) is 1. The fourth-order valence-corrected chi connectivity index (χ4v) is 3.26. The zero-order valence-corrected chi connectivity index (χ0v) is 11.4. The van der Waals surface area contributed by atoms with Gasteiger partial charge < -0.3 is 10.2 Å². The van der Waals surface area contributed by atoms with Crippen molar-refractivity contribution in [1.82, 2.24) is 4.90 Å². The average Bonchev–Trinajstić information content (AvgIpc) is 2.84. The van der Waals surface area contributed by atoms with Crippen LogP contribution in [0.1, 0.15) is 44.1 Å². The minimum atomic E-state index is 0.326. The first-order chi connectivity index (χ1) is 8.61. The van der Waals surface area contributed by atoms with Gasteiger partial charge in [0.25, 0.3) is 0 Å². The van der Waals surface area contributed by atoms with Gasteiger partial charge in [-0.25, -0.2) is 0 Å². The summed E-state index contributed by atoms with van der Waals surface area (Å²) in [6.07, 6.45) is 2.44. The third-order valence-electron chi connectivity index (χ3n) is 4.30. The van der Waals surface area contributed by atoms with E-state index >= 15 is 0 Å². The van der Waals surface area contributed by atoms with Crippen molar-refractivity contribution in [2.45, 2.75) is 45.2 Å². The first-order valence-corrected chi connectivity index (χ1v) is 7.18. The summed E-state index contributed by atoms with van der Waals surface area (Å²) in [6.45, 7) is 7.63. The smallest absolute Gasteiger partial charge is 0.118 e. The number of nitrogens with zero attached hydrogens (tertiary/aromatic N) is 1. The van der Waals surface area contributed by atoms with Crippen LogP contribution >= 0.6 is 0 Å². The summed E-state index contributed by atoms with van der Waals surface area (Å²) < 4.78 is 5.97. The Kier molecular flexibility index (Phi) is 3.20. The number of rotatable bonds is 3. The van der Waals surface area contributed by atoms with Crippen molar-refractivity contribution in [2.75, 3.05) is 13.1 Å². The normalized spacial score (nSPS) is 36.8. The van der Waals surface area contributed by atoms with Crippen molar-refractivity contribution in [2.24, 2.45) is 17.6 Å². The van der Waals surface area contributed by atoms with Crippen LogP contribution in [-0.2, 0) is 6.54 Å². The molecule has 1 saturated heterocycles. The largest absolute Gasteiger partial charge is 0.464 e. The van der Waals surface area contributed by atoms with Crippen LogP contribution in [0.2, 0.25) is 0 Å². The second kappa shape index (κ2) is 4.71. The van der Waals surface area contributed by atoms with Gasteiger partial charge in [0, 0.05) is 25.0 Å². The highest BCUT2D eigenvalue weighted by Crippen LogP contribution is 2.47. The second-order valence-corrected chi connectivity index (χ2v) is 6.42. The van der Waals surface area contributed by atoms with Gasteiger partial charge in [0.15, 0.2) is 0 Å². The molecule has 4 unspecified atom stereocenters. The highest BCUT2D eigenvalue weighted by molar-refractivity contribution is 5.17. The summed E-state index contributed by atoms with van der Waals surface area (Å²) >= 11 is 0. The SMILES string of the molecule is CC1CC(N)CN(Cc2ccc(C3CC3C)o2)C1. The molecule has 1 aliphatic heterocycles. The standard InChI is InChI=1S/C15H24N2O/c1-10-5-12(16)8-17(7-10)9-13-3-4-15(18-13)14-6-11(14)2/h3-4,10-12,14H,5-9,16H2,1-2H3. The van der Waals surface area contributed by atoms with Crippen LogP contribution in [0.5, 0.6) is 0 Å². The van der Waals surface area contributed by atoms with Crippen LogP contribution in [0.3, 0.4) is 0 Å². The van der Waals surface area contributed by atoms with E-state index in [0.29, 0.717) is 17.9 Å². The molecule has 2 heterocycles. The quantitative estimate of drug-likeness (QED) is 0.894. The molecule has 1 aliphatic carbocycles. The van der Waals surface area contributed by atoms with E-state index in [-0.39, 0.29) is 0 Å². The molecule has 2 aliphatic rings. The minimum Gasteiger partial charge on any atom is -0.464 e. The molecule has 0 amide bonds. The Morgan fingerprint density at radius 2 is 2.06 bits per heavy atom. The van der Waals surface area contributed by atoms with Crippen molar-refractivity contribution in [3.05, 3.63) is 23.7 Å². The number of furan rings is 1. The van der Waals surface area contributed by atoms with E-state index in [1.54, 1.807) is 0 Å². The highest BCUT2D eigenvalue weighted by atomic mass is 16.3. The molecule has 1 aromatic heterocycles. The van der Waals surface area contributed by atoms with E-state index in [9.17, 15) is 0 Å². The molecule has 3 rings (SSSR count). The average molecular weight is 248 g/mol. The molecule has 100 valence electrons. The van der Waals surface area contributed by atoms with E-state index < -0.39 is 0 Å². The van der Waals surface area contributed by atoms with Gasteiger partial charge in [0.2, 0.25) is 0 Å². The van der Waals surface area contributed by atoms with Crippen LogP contribution in [-0.4, -0.2) is 24.0 Å². The van der Waals surface area contributed by atoms with Crippen molar-refractivity contribution in [3.8, 4) is 0 Å². The summed E-state index contributed by atoms with van der Waals surface area (Å²) in [5, 5.41) is 0. The highest BCUT2D eigenvalue weighted by Gasteiger charge is 2.36. The summed E-state index contributed by atoms with van der Waals surface area (Å²) in [7, 11) is 0. The van der Waals surface area contributed by atoms with Gasteiger partial charge >= 0.3 is 0 Å². The number of hydrogen-bond donors (Lipinski definition) is 1. The Morgan fingerprint density at radius 1 is 1.28 bits per heavy atom. The van der Waals surface area contributed by atoms with Crippen LogP contribution in [0.15, 0.2) is 16.5 Å². The Labute approximate surface area is 109 Å². The van der Waals surface area contributed by atoms with Crippen molar-refractivity contribution in [1.29, 1.82) is 0 Å². The third kappa shape index (κ3) is 2.62. The third-order valence-corrected chi connectivity index (χ3v) is 4.30. The first-order valence-electron chi connectivity index (χ1n) is 7.18. The number of hydrogen-bond acceptors (Lipinski definition) is 3. The lowest BCUT2D eigenvalue weighted by atomic mass is 9.96. The zero-order valence-electron chi connectivity index (χ0n) is 11.4. The molecule has 3 heteroatoms. The molecule has 3 nitrogen and oxygen atoms in total. The van der Waals surface area contributed by atoms with E-state index in [2.05, 4.69) is 30.9 Å². The van der Waals surface area contributed by atoms with Gasteiger partial charge in [-0.1, -0.05) is 13.8 Å². The molecular formula is C15H24N2O. The van der Waals surface area contributed by atoms with Crippen molar-refractivity contribution >= 4 is 0 Å². The molecule has 1 saturated carbocycles. The molecule has 0 radical (unpaired) electrons. The molecular weight excluding hydrogens is 224 g/mol. The lowest BCUT2D eigenvalue weighted by Crippen LogP contribution is -2.45. The molecule has 2 N–H and O–H groups in total. The van der Waals surface area contributed by atoms with E-state index in [0.717, 1.165) is 37.7 Å². The van der Waals surface area contributed by atoms with Gasteiger partial charge in [-0.15, -0.1) is 0 Å². The predicted octanol–water partition coefficient (Wildman–Crippen LogP) is 2.57. The molecule has 0 aromatic carbocycles. The predicted molar refractivity (Wildman–Crippen MR) is 72.3 cm³/mol. The Balaban J connectivity index is 1.60. The minimum absolute atomic E-state index is 0.326. The lowest BCUT2D eigenvalue weighted by molar-refractivity contribution is 0.148. The molecule has 18 heavy (non-hydrogen) atoms. The molecule has 2 fully saturated rings. The van der Waals surface area contributed by atoms with Crippen molar-refractivity contribution < 1.29 is 4.42 Å². The van der Waals surface area contributed by atoms with Gasteiger partial charge in [0.1, 0.15) is 11.5 Å². The molecule has 0 bridgehead atoms. The van der Waals surface area contributed by atoms with Crippen LogP contribution in [0.25, 0.3) is 0 Å². The maximum atomic E-state index is 6.08. The number of likely N-dealkylation sites (tertiary alicyclic amines) is 1. The maximum absolute atomic E-state index is 6.08. The molecule has 1 aromatic rings. The summed E-state index contributed by atoms with van der Waals surface area (Å²) in [4.78, 5) is 2.43. The fourth-order valence-electron chi connectivity index (χ4n) is 3.26. The van der Waals surface area contributed by atoms with E-state index in [1.807, 2.05) is 0 Å². The van der Waals surface area contributed by atoms with Crippen molar-refractivity contribution in [3.63, 3.8) is 0 Å². The Bertz CT molecular complexity index is 404. The van der Waals surface area contributed by atoms with Crippen LogP contribution in [0, 0.1) is 11.8 Å². The second-order valence-electron chi connectivity index (χ2n) is 6.42. The Morgan fingerprint density at radius 3 is 2.72 bits per heavy atom. The van der Waals surface area contributed by atoms with Gasteiger partial charge in [-0.05, 0) is 36.8 Å². The van der Waals surface area contributed by atoms with E-state index in [4.69, 9.17) is 10.2 Å². The van der Waals surface area contributed by atoms with Crippen LogP contribution < -0.4 is 5.73 Å². The van der Waals surface area contributed by atoms with Gasteiger partial charge in [-0.2, -0.15) is 0 Å². The zero-order chi connectivity index (χ0) is 12.7. The van der Waals surface area contributed by atoms with Gasteiger partial charge in [0.05, 0.1) is 6.54 Å². The lowest BCUT2D eigenvalue weighted by Gasteiger charge is -2.34. The molecule has 0 spiro atoms. The van der Waals surface area contributed by atoms with Crippen LogP contribution in [0.4, 0.5) is 0 Å². The Hall–Kier alpha value is -0.800. The molecule has 4 atom stereocenters. The maximum Gasteiger partial charge on any atom is 0.118 e. The summed E-state index contributed by atoms with van der Waals surface area (Å²) in [6, 6.07) is 4.63. The summed E-state index contributed by atoms with van der Waals surface area (Å²) in [5.41, 5.74) is 6.08. The van der Waals surface area contributed by atoms with E-state index in [1.165, 1.54) is 12.2 Å². The monoisotopic (exact) mass is 248 g/mol. The fraction of sp³-hybridized carbons (Fsp3) is 0.733.